The summed E-state index contributed by atoms with van der Waals surface area (Å²) in [7, 11) is 1.59. The molecule has 0 saturated carbocycles. The minimum Gasteiger partial charge on any atom is -0.495 e. The molecule has 1 aliphatic carbocycles. The van der Waals surface area contributed by atoms with Crippen LogP contribution in [-0.4, -0.2) is 12.2 Å². The molecular formula is C17H19NO2. The van der Waals surface area contributed by atoms with E-state index >= 15 is 0 Å². The van der Waals surface area contributed by atoms with Crippen molar-refractivity contribution >= 4 is 5.69 Å². The predicted molar refractivity (Wildman–Crippen MR) is 79.9 cm³/mol. The summed E-state index contributed by atoms with van der Waals surface area (Å²) in [6.45, 7) is 0. The van der Waals surface area contributed by atoms with E-state index in [1.807, 2.05) is 18.2 Å². The smallest absolute Gasteiger partial charge is 0.142 e. The number of aliphatic hydroxyl groups excluding tert-OH is 1. The van der Waals surface area contributed by atoms with Crippen LogP contribution in [0.25, 0.3) is 0 Å². The first-order valence-corrected chi connectivity index (χ1v) is 6.89. The first-order chi connectivity index (χ1) is 9.70. The van der Waals surface area contributed by atoms with Crippen molar-refractivity contribution in [2.24, 2.45) is 0 Å². The SMILES string of the molecule is COc1cccc(C(O)CC2Cc3ccccc32)c1N. The van der Waals surface area contributed by atoms with Crippen molar-refractivity contribution in [3.05, 3.63) is 59.2 Å². The molecule has 0 spiro atoms. The van der Waals surface area contributed by atoms with Crippen LogP contribution in [0.3, 0.4) is 0 Å². The summed E-state index contributed by atoms with van der Waals surface area (Å²) in [5.41, 5.74) is 10.1. The third-order valence-electron chi connectivity index (χ3n) is 4.15. The molecule has 3 N–H and O–H groups in total. The van der Waals surface area contributed by atoms with E-state index in [2.05, 4.69) is 24.3 Å². The maximum absolute atomic E-state index is 10.4. The molecule has 0 aromatic heterocycles. The molecule has 0 heterocycles. The Hall–Kier alpha value is -2.00. The molecule has 2 aromatic rings. The largest absolute Gasteiger partial charge is 0.495 e. The highest BCUT2D eigenvalue weighted by Crippen LogP contribution is 2.42. The highest BCUT2D eigenvalue weighted by Gasteiger charge is 2.28. The minimum absolute atomic E-state index is 0.423. The molecule has 0 radical (unpaired) electrons. The summed E-state index contributed by atoms with van der Waals surface area (Å²) in [4.78, 5) is 0. The van der Waals surface area contributed by atoms with Crippen molar-refractivity contribution in [2.45, 2.75) is 24.9 Å². The quantitative estimate of drug-likeness (QED) is 0.839. The Kier molecular flexibility index (Phi) is 3.36. The van der Waals surface area contributed by atoms with Crippen molar-refractivity contribution in [1.29, 1.82) is 0 Å². The summed E-state index contributed by atoms with van der Waals surface area (Å²) >= 11 is 0. The molecule has 0 aliphatic heterocycles. The van der Waals surface area contributed by atoms with Gasteiger partial charge in [0.05, 0.1) is 18.9 Å². The zero-order valence-corrected chi connectivity index (χ0v) is 11.5. The molecule has 2 unspecified atom stereocenters. The Morgan fingerprint density at radius 2 is 2.05 bits per heavy atom. The average Bonchev–Trinajstić information content (AvgIpc) is 2.45. The second kappa shape index (κ2) is 5.17. The Morgan fingerprint density at radius 3 is 2.80 bits per heavy atom. The van der Waals surface area contributed by atoms with Crippen molar-refractivity contribution in [2.75, 3.05) is 12.8 Å². The van der Waals surface area contributed by atoms with Crippen LogP contribution in [0.1, 0.15) is 35.1 Å². The van der Waals surface area contributed by atoms with Crippen LogP contribution in [0.5, 0.6) is 5.75 Å². The molecule has 0 amide bonds. The number of nitrogens with two attached hydrogens (primary N) is 1. The molecular weight excluding hydrogens is 250 g/mol. The lowest BCUT2D eigenvalue weighted by Gasteiger charge is -2.32. The number of nitrogen functional groups attached to an aromatic ring is 1. The summed E-state index contributed by atoms with van der Waals surface area (Å²) in [6.07, 6.45) is 1.19. The molecule has 3 rings (SSSR count). The molecule has 2 aromatic carbocycles. The number of ether oxygens (including phenoxy) is 1. The third-order valence-corrected chi connectivity index (χ3v) is 4.15. The van der Waals surface area contributed by atoms with Crippen LogP contribution >= 0.6 is 0 Å². The monoisotopic (exact) mass is 269 g/mol. The summed E-state index contributed by atoms with van der Waals surface area (Å²) in [5, 5.41) is 10.4. The van der Waals surface area contributed by atoms with Crippen LogP contribution in [-0.2, 0) is 6.42 Å². The average molecular weight is 269 g/mol. The Bertz CT molecular complexity index is 624. The van der Waals surface area contributed by atoms with Gasteiger partial charge < -0.3 is 15.6 Å². The zero-order valence-electron chi connectivity index (χ0n) is 11.5. The number of rotatable bonds is 4. The summed E-state index contributed by atoms with van der Waals surface area (Å²) < 4.78 is 5.20. The number of hydrogen-bond donors (Lipinski definition) is 2. The van der Waals surface area contributed by atoms with Gasteiger partial charge in [0.1, 0.15) is 5.75 Å². The minimum atomic E-state index is -0.552. The van der Waals surface area contributed by atoms with Crippen molar-refractivity contribution in [3.8, 4) is 5.75 Å². The number of hydrogen-bond acceptors (Lipinski definition) is 3. The van der Waals surface area contributed by atoms with Crippen LogP contribution in [0.4, 0.5) is 5.69 Å². The van der Waals surface area contributed by atoms with Gasteiger partial charge >= 0.3 is 0 Å². The van der Waals surface area contributed by atoms with E-state index in [0.717, 1.165) is 12.0 Å². The molecule has 3 nitrogen and oxygen atoms in total. The Morgan fingerprint density at radius 1 is 1.25 bits per heavy atom. The maximum Gasteiger partial charge on any atom is 0.142 e. The lowest BCUT2D eigenvalue weighted by atomic mass is 9.74. The van der Waals surface area contributed by atoms with E-state index < -0.39 is 6.10 Å². The van der Waals surface area contributed by atoms with Crippen LogP contribution in [0, 0.1) is 0 Å². The second-order valence-corrected chi connectivity index (χ2v) is 5.31. The second-order valence-electron chi connectivity index (χ2n) is 5.31. The number of methoxy groups -OCH3 is 1. The van der Waals surface area contributed by atoms with E-state index in [0.29, 0.717) is 23.8 Å². The molecule has 0 fully saturated rings. The Balaban J connectivity index is 1.77. The fraction of sp³-hybridized carbons (Fsp3) is 0.294. The fourth-order valence-electron chi connectivity index (χ4n) is 3.00. The van der Waals surface area contributed by atoms with Crippen molar-refractivity contribution in [3.63, 3.8) is 0 Å². The molecule has 20 heavy (non-hydrogen) atoms. The highest BCUT2D eigenvalue weighted by molar-refractivity contribution is 5.59. The molecule has 104 valence electrons. The number of aliphatic hydroxyl groups is 1. The summed E-state index contributed by atoms with van der Waals surface area (Å²) in [6, 6.07) is 14.0. The fourth-order valence-corrected chi connectivity index (χ4v) is 3.00. The van der Waals surface area contributed by atoms with E-state index in [1.165, 1.54) is 11.1 Å². The van der Waals surface area contributed by atoms with Gasteiger partial charge in [-0.25, -0.2) is 0 Å². The van der Waals surface area contributed by atoms with Gasteiger partial charge in [0.25, 0.3) is 0 Å². The van der Waals surface area contributed by atoms with Gasteiger partial charge in [0.15, 0.2) is 0 Å². The van der Waals surface area contributed by atoms with Crippen LogP contribution in [0.15, 0.2) is 42.5 Å². The van der Waals surface area contributed by atoms with Crippen molar-refractivity contribution < 1.29 is 9.84 Å². The van der Waals surface area contributed by atoms with Gasteiger partial charge in [0, 0.05) is 5.56 Å². The zero-order chi connectivity index (χ0) is 14.1. The van der Waals surface area contributed by atoms with E-state index in [9.17, 15) is 5.11 Å². The number of benzene rings is 2. The topological polar surface area (TPSA) is 55.5 Å². The molecule has 3 heteroatoms. The van der Waals surface area contributed by atoms with E-state index in [-0.39, 0.29) is 0 Å². The van der Waals surface area contributed by atoms with Gasteiger partial charge in [-0.2, -0.15) is 0 Å². The molecule has 1 aliphatic rings. The van der Waals surface area contributed by atoms with E-state index in [4.69, 9.17) is 10.5 Å². The lowest BCUT2D eigenvalue weighted by molar-refractivity contribution is 0.154. The number of fused-ring (bicyclic) bond motifs is 1. The predicted octanol–water partition coefficient (Wildman–Crippen LogP) is 3.04. The van der Waals surface area contributed by atoms with E-state index in [1.54, 1.807) is 7.11 Å². The first kappa shape index (κ1) is 13.0. The van der Waals surface area contributed by atoms with Gasteiger partial charge in [-0.05, 0) is 36.0 Å². The van der Waals surface area contributed by atoms with Gasteiger partial charge in [-0.3, -0.25) is 0 Å². The van der Waals surface area contributed by atoms with Gasteiger partial charge in [-0.1, -0.05) is 36.4 Å². The van der Waals surface area contributed by atoms with Crippen LogP contribution in [0.2, 0.25) is 0 Å². The maximum atomic E-state index is 10.4. The van der Waals surface area contributed by atoms with Gasteiger partial charge in [-0.15, -0.1) is 0 Å². The molecule has 0 saturated heterocycles. The Labute approximate surface area is 119 Å². The van der Waals surface area contributed by atoms with Crippen molar-refractivity contribution in [1.82, 2.24) is 0 Å². The summed E-state index contributed by atoms with van der Waals surface area (Å²) in [5.74, 6) is 1.04. The van der Waals surface area contributed by atoms with Gasteiger partial charge in [0.2, 0.25) is 0 Å². The first-order valence-electron chi connectivity index (χ1n) is 6.89. The normalized spacial score (nSPS) is 18.0. The molecule has 2 atom stereocenters. The highest BCUT2D eigenvalue weighted by atomic mass is 16.5. The standard InChI is InChI=1S/C17H19NO2/c1-20-16-8-4-7-14(17(16)18)15(19)10-12-9-11-5-2-3-6-13(11)12/h2-8,12,15,19H,9-10,18H2,1H3. The lowest BCUT2D eigenvalue weighted by Crippen LogP contribution is -2.19. The number of anilines is 1. The van der Waals surface area contributed by atoms with Crippen LogP contribution < -0.4 is 10.5 Å². The molecule has 0 bridgehead atoms. The third kappa shape index (κ3) is 2.14. The number of para-hydroxylation sites is 1.